The molecular formula is C20H13F7O2. The van der Waals surface area contributed by atoms with E-state index in [-0.39, 0.29) is 28.7 Å². The lowest BCUT2D eigenvalue weighted by Gasteiger charge is -2.13. The van der Waals surface area contributed by atoms with E-state index in [1.165, 1.54) is 6.07 Å². The van der Waals surface area contributed by atoms with Crippen molar-refractivity contribution < 1.29 is 40.2 Å². The zero-order valence-corrected chi connectivity index (χ0v) is 14.8. The van der Waals surface area contributed by atoms with E-state index < -0.39 is 47.4 Å². The Bertz CT molecular complexity index is 1040. The number of hydrogen-bond acceptors (Lipinski definition) is 2. The summed E-state index contributed by atoms with van der Waals surface area (Å²) in [6, 6.07) is 6.05. The molecule has 29 heavy (non-hydrogen) atoms. The molecule has 0 aliphatic rings. The van der Waals surface area contributed by atoms with Gasteiger partial charge in [-0.05, 0) is 30.0 Å². The maximum Gasteiger partial charge on any atom is 0.422 e. The summed E-state index contributed by atoms with van der Waals surface area (Å²) in [4.78, 5) is 0. The summed E-state index contributed by atoms with van der Waals surface area (Å²) in [6.45, 7) is -0.0264. The lowest BCUT2D eigenvalue weighted by atomic mass is 9.99. The first kappa shape index (κ1) is 20.8. The van der Waals surface area contributed by atoms with Crippen molar-refractivity contribution in [2.45, 2.75) is 13.1 Å². The zero-order chi connectivity index (χ0) is 21.3. The molecule has 0 aliphatic heterocycles. The van der Waals surface area contributed by atoms with E-state index in [1.807, 2.05) is 0 Å². The number of fused-ring (bicyclic) bond motifs is 1. The van der Waals surface area contributed by atoms with Gasteiger partial charge in [0.1, 0.15) is 17.4 Å². The van der Waals surface area contributed by atoms with E-state index in [2.05, 4.69) is 4.74 Å². The number of alkyl halides is 3. The summed E-state index contributed by atoms with van der Waals surface area (Å²) in [5.41, 5.74) is -0.452. The average molecular weight is 418 g/mol. The van der Waals surface area contributed by atoms with Gasteiger partial charge in [-0.15, -0.1) is 0 Å². The minimum atomic E-state index is -4.78. The van der Waals surface area contributed by atoms with Crippen LogP contribution in [0.3, 0.4) is 0 Å². The third-order valence-corrected chi connectivity index (χ3v) is 3.98. The molecule has 0 heterocycles. The molecule has 0 radical (unpaired) electrons. The van der Waals surface area contributed by atoms with Gasteiger partial charge in [0.2, 0.25) is 0 Å². The van der Waals surface area contributed by atoms with Crippen molar-refractivity contribution >= 4 is 10.8 Å². The van der Waals surface area contributed by atoms with Gasteiger partial charge >= 0.3 is 6.18 Å². The Balaban J connectivity index is 2.06. The van der Waals surface area contributed by atoms with Crippen LogP contribution in [0.25, 0.3) is 21.9 Å². The Hall–Kier alpha value is -2.97. The summed E-state index contributed by atoms with van der Waals surface area (Å²) in [7, 11) is 0. The van der Waals surface area contributed by atoms with Gasteiger partial charge in [0.25, 0.3) is 0 Å². The minimum Gasteiger partial charge on any atom is -0.494 e. The molecule has 3 aromatic carbocycles. The van der Waals surface area contributed by atoms with Crippen molar-refractivity contribution in [3.63, 3.8) is 0 Å². The fourth-order valence-corrected chi connectivity index (χ4v) is 2.83. The largest absolute Gasteiger partial charge is 0.494 e. The van der Waals surface area contributed by atoms with Gasteiger partial charge < -0.3 is 9.47 Å². The monoisotopic (exact) mass is 418 g/mol. The molecule has 0 spiro atoms. The highest BCUT2D eigenvalue weighted by molar-refractivity contribution is 5.89. The van der Waals surface area contributed by atoms with Crippen molar-refractivity contribution in [1.82, 2.24) is 0 Å². The molecule has 9 heteroatoms. The number of ether oxygens (including phenoxy) is 2. The Morgan fingerprint density at radius 3 is 2.07 bits per heavy atom. The number of hydrogen-bond donors (Lipinski definition) is 0. The minimum absolute atomic E-state index is 0.0155. The SMILES string of the molecule is CCOc1cc(F)c(-c2ccc3c(F)c(OCC(F)(F)F)c(F)cc3c2)c(F)c1. The Labute approximate surface area is 160 Å². The molecule has 0 aliphatic carbocycles. The third-order valence-electron chi connectivity index (χ3n) is 3.98. The van der Waals surface area contributed by atoms with E-state index in [0.717, 1.165) is 30.3 Å². The summed E-state index contributed by atoms with van der Waals surface area (Å²) in [5.74, 6) is -5.80. The van der Waals surface area contributed by atoms with Crippen LogP contribution in [0.2, 0.25) is 0 Å². The predicted octanol–water partition coefficient (Wildman–Crippen LogP) is 6.40. The molecule has 0 bridgehead atoms. The molecule has 0 saturated carbocycles. The molecular weight excluding hydrogens is 405 g/mol. The van der Waals surface area contributed by atoms with Crippen molar-refractivity contribution in [1.29, 1.82) is 0 Å². The van der Waals surface area contributed by atoms with Gasteiger partial charge in [-0.2, -0.15) is 13.2 Å². The molecule has 0 amide bonds. The first-order valence-corrected chi connectivity index (χ1v) is 8.34. The van der Waals surface area contributed by atoms with Crippen LogP contribution in [0, 0.1) is 23.3 Å². The van der Waals surface area contributed by atoms with Gasteiger partial charge in [0.15, 0.2) is 24.0 Å². The zero-order valence-electron chi connectivity index (χ0n) is 14.8. The normalized spacial score (nSPS) is 11.7. The summed E-state index contributed by atoms with van der Waals surface area (Å²) >= 11 is 0. The van der Waals surface area contributed by atoms with Gasteiger partial charge in [0.05, 0.1) is 12.2 Å². The van der Waals surface area contributed by atoms with Crippen LogP contribution in [0.5, 0.6) is 11.5 Å². The summed E-state index contributed by atoms with van der Waals surface area (Å²) < 4.78 is 103. The van der Waals surface area contributed by atoms with Crippen LogP contribution in [0.15, 0.2) is 36.4 Å². The quantitative estimate of drug-likeness (QED) is 0.446. The van der Waals surface area contributed by atoms with Gasteiger partial charge in [-0.1, -0.05) is 12.1 Å². The third kappa shape index (κ3) is 4.38. The first-order chi connectivity index (χ1) is 13.6. The molecule has 154 valence electrons. The van der Waals surface area contributed by atoms with E-state index >= 15 is 0 Å². The maximum absolute atomic E-state index is 14.4. The van der Waals surface area contributed by atoms with Gasteiger partial charge in [-0.25, -0.2) is 17.6 Å². The molecule has 0 unspecified atom stereocenters. The smallest absolute Gasteiger partial charge is 0.422 e. The number of benzene rings is 3. The van der Waals surface area contributed by atoms with Crippen molar-refractivity contribution in [2.24, 2.45) is 0 Å². The van der Waals surface area contributed by atoms with E-state index in [9.17, 15) is 30.7 Å². The fourth-order valence-electron chi connectivity index (χ4n) is 2.83. The van der Waals surface area contributed by atoms with Crippen LogP contribution in [-0.2, 0) is 0 Å². The predicted molar refractivity (Wildman–Crippen MR) is 91.9 cm³/mol. The number of halogens is 7. The van der Waals surface area contributed by atoms with Crippen LogP contribution in [0.4, 0.5) is 30.7 Å². The van der Waals surface area contributed by atoms with E-state index in [1.54, 1.807) is 6.92 Å². The second-order valence-corrected chi connectivity index (χ2v) is 6.04. The molecule has 0 saturated heterocycles. The summed E-state index contributed by atoms with van der Waals surface area (Å²) in [5, 5.41) is -0.372. The summed E-state index contributed by atoms with van der Waals surface area (Å²) in [6.07, 6.45) is -4.78. The van der Waals surface area contributed by atoms with Crippen molar-refractivity contribution in [2.75, 3.05) is 13.2 Å². The average Bonchev–Trinajstić information content (AvgIpc) is 2.60. The van der Waals surface area contributed by atoms with E-state index in [0.29, 0.717) is 0 Å². The highest BCUT2D eigenvalue weighted by Gasteiger charge is 2.30. The van der Waals surface area contributed by atoms with Gasteiger partial charge in [-0.3, -0.25) is 0 Å². The lowest BCUT2D eigenvalue weighted by molar-refractivity contribution is -0.154. The topological polar surface area (TPSA) is 18.5 Å². The molecule has 3 rings (SSSR count). The Morgan fingerprint density at radius 1 is 0.828 bits per heavy atom. The lowest BCUT2D eigenvalue weighted by Crippen LogP contribution is -2.20. The molecule has 0 atom stereocenters. The van der Waals surface area contributed by atoms with Crippen molar-refractivity contribution in [3.05, 3.63) is 59.7 Å². The fraction of sp³-hybridized carbons (Fsp3) is 0.200. The Kier molecular flexibility index (Phi) is 5.59. The van der Waals surface area contributed by atoms with Crippen LogP contribution in [-0.4, -0.2) is 19.4 Å². The molecule has 0 N–H and O–H groups in total. The highest BCUT2D eigenvalue weighted by Crippen LogP contribution is 2.35. The first-order valence-electron chi connectivity index (χ1n) is 8.34. The molecule has 0 aromatic heterocycles. The van der Waals surface area contributed by atoms with Crippen LogP contribution in [0.1, 0.15) is 6.92 Å². The second-order valence-electron chi connectivity index (χ2n) is 6.04. The Morgan fingerprint density at radius 2 is 1.48 bits per heavy atom. The van der Waals surface area contributed by atoms with Crippen LogP contribution < -0.4 is 9.47 Å². The van der Waals surface area contributed by atoms with Crippen LogP contribution >= 0.6 is 0 Å². The second kappa shape index (κ2) is 7.81. The highest BCUT2D eigenvalue weighted by atomic mass is 19.4. The van der Waals surface area contributed by atoms with E-state index in [4.69, 9.17) is 4.74 Å². The molecule has 3 aromatic rings. The number of rotatable bonds is 5. The van der Waals surface area contributed by atoms with Crippen molar-refractivity contribution in [3.8, 4) is 22.6 Å². The molecule has 2 nitrogen and oxygen atoms in total. The van der Waals surface area contributed by atoms with Gasteiger partial charge in [0, 0.05) is 17.5 Å². The molecule has 0 fully saturated rings. The standard InChI is InChI=1S/C20H13F7O2/c1-2-28-12-7-14(21)17(15(22)8-12)10-3-4-13-11(5-10)6-16(23)19(18(13)24)29-9-20(25,26)27/h3-8H,2,9H2,1H3. The maximum atomic E-state index is 14.4.